The lowest BCUT2D eigenvalue weighted by atomic mass is 10.0. The third kappa shape index (κ3) is 12.7. The lowest BCUT2D eigenvalue weighted by Crippen LogP contribution is -2.32. The van der Waals surface area contributed by atoms with Crippen LogP contribution in [-0.4, -0.2) is 28.5 Å². The van der Waals surface area contributed by atoms with Crippen LogP contribution >= 0.6 is 0 Å². The van der Waals surface area contributed by atoms with Crippen LogP contribution in [0.3, 0.4) is 0 Å². The van der Waals surface area contributed by atoms with E-state index in [1.165, 1.54) is 0 Å². The maximum atomic E-state index is 11.0. The number of hydrogen-bond acceptors (Lipinski definition) is 4. The molecule has 132 valence electrons. The monoisotopic (exact) mass is 325 g/mol. The van der Waals surface area contributed by atoms with Crippen LogP contribution < -0.4 is 0 Å². The van der Waals surface area contributed by atoms with Crippen molar-refractivity contribution >= 4 is 6.29 Å². The molecular formula is C18H31NO4. The minimum atomic E-state index is -0.935. The smallest absolute Gasteiger partial charge is 0.242 e. The van der Waals surface area contributed by atoms with Gasteiger partial charge >= 0.3 is 0 Å². The van der Waals surface area contributed by atoms with E-state index in [0.29, 0.717) is 12.8 Å². The van der Waals surface area contributed by atoms with E-state index < -0.39 is 12.1 Å². The van der Waals surface area contributed by atoms with E-state index in [2.05, 4.69) is 0 Å². The Kier molecular flexibility index (Phi) is 14.4. The first kappa shape index (κ1) is 21.5. The number of carbonyl (C=O) groups is 1. The molecule has 1 N–H and O–H groups in total. The molecule has 0 saturated heterocycles. The maximum absolute atomic E-state index is 11.0. The van der Waals surface area contributed by atoms with Crippen LogP contribution in [0.25, 0.3) is 0 Å². The van der Waals surface area contributed by atoms with Gasteiger partial charge in [-0.15, -0.1) is 0 Å². The van der Waals surface area contributed by atoms with E-state index in [4.69, 9.17) is 0 Å². The molecule has 5 heteroatoms. The van der Waals surface area contributed by atoms with Crippen molar-refractivity contribution in [1.82, 2.24) is 0 Å². The molecule has 0 aromatic heterocycles. The number of unbranched alkanes of at least 4 members (excludes halogenated alkanes) is 6. The number of allylic oxidation sites excluding steroid dienone is 2. The second kappa shape index (κ2) is 15.4. The molecule has 23 heavy (non-hydrogen) atoms. The lowest BCUT2D eigenvalue weighted by molar-refractivity contribution is -0.533. The fourth-order valence-electron chi connectivity index (χ4n) is 2.32. The molecule has 2 unspecified atom stereocenters. The highest BCUT2D eigenvalue weighted by Gasteiger charge is 2.27. The van der Waals surface area contributed by atoms with E-state index in [-0.39, 0.29) is 11.3 Å². The molecule has 0 heterocycles. The van der Waals surface area contributed by atoms with E-state index >= 15 is 0 Å². The molecular weight excluding hydrogens is 294 g/mol. The number of rotatable bonds is 15. The first-order valence-electron chi connectivity index (χ1n) is 8.68. The summed E-state index contributed by atoms with van der Waals surface area (Å²) in [5.41, 5.74) is 0. The highest BCUT2D eigenvalue weighted by molar-refractivity contribution is 5.48. The summed E-state index contributed by atoms with van der Waals surface area (Å²) in [6.45, 7) is 1.99. The average molecular weight is 325 g/mol. The van der Waals surface area contributed by atoms with Gasteiger partial charge in [-0.2, -0.15) is 0 Å². The van der Waals surface area contributed by atoms with Gasteiger partial charge in [-0.3, -0.25) is 10.1 Å². The highest BCUT2D eigenvalue weighted by Crippen LogP contribution is 2.11. The largest absolute Gasteiger partial charge is 0.386 e. The minimum absolute atomic E-state index is 0.271. The van der Waals surface area contributed by atoms with Gasteiger partial charge < -0.3 is 9.90 Å². The van der Waals surface area contributed by atoms with E-state index in [0.717, 1.165) is 51.2 Å². The molecule has 0 fully saturated rings. The topological polar surface area (TPSA) is 80.4 Å². The molecule has 0 rings (SSSR count). The number of aldehydes is 1. The Morgan fingerprint density at radius 2 is 1.57 bits per heavy atom. The first-order chi connectivity index (χ1) is 11.1. The quantitative estimate of drug-likeness (QED) is 0.161. The number of hydrogen-bond donors (Lipinski definition) is 1. The van der Waals surface area contributed by atoms with Crippen LogP contribution in [0.2, 0.25) is 0 Å². The number of aliphatic hydroxyl groups excluding tert-OH is 1. The zero-order valence-electron chi connectivity index (χ0n) is 14.2. The third-order valence-electron chi connectivity index (χ3n) is 3.73. The van der Waals surface area contributed by atoms with Crippen LogP contribution in [-0.2, 0) is 4.79 Å². The molecule has 0 aliphatic rings. The highest BCUT2D eigenvalue weighted by atomic mass is 16.6. The predicted octanol–water partition coefficient (Wildman–Crippen LogP) is 4.22. The van der Waals surface area contributed by atoms with Crippen molar-refractivity contribution in [3.8, 4) is 0 Å². The second-order valence-corrected chi connectivity index (χ2v) is 5.75. The van der Waals surface area contributed by atoms with Crippen LogP contribution in [0.15, 0.2) is 24.3 Å². The number of aliphatic hydroxyl groups is 1. The summed E-state index contributed by atoms with van der Waals surface area (Å²) < 4.78 is 0. The van der Waals surface area contributed by atoms with Crippen molar-refractivity contribution in [2.75, 3.05) is 0 Å². The van der Waals surface area contributed by atoms with Gasteiger partial charge in [0.05, 0.1) is 0 Å². The molecule has 0 saturated carbocycles. The molecule has 0 bridgehead atoms. The summed E-state index contributed by atoms with van der Waals surface area (Å²) >= 11 is 0. The summed E-state index contributed by atoms with van der Waals surface area (Å²) in [5.74, 6) is 0. The number of nitrogens with zero attached hydrogens (tertiary/aromatic N) is 1. The first-order valence-corrected chi connectivity index (χ1v) is 8.68. The van der Waals surface area contributed by atoms with Crippen LogP contribution in [0, 0.1) is 10.1 Å². The normalized spacial score (nSPS) is 14.3. The SMILES string of the molecule is CC/C=C\CC(O)C(C/C=C\CCCCCCCC=O)[N+](=O)[O-]. The fraction of sp³-hybridized carbons (Fsp3) is 0.722. The van der Waals surface area contributed by atoms with Gasteiger partial charge in [0, 0.05) is 17.8 Å². The Morgan fingerprint density at radius 1 is 0.957 bits per heavy atom. The summed E-state index contributed by atoms with van der Waals surface area (Å²) in [7, 11) is 0. The van der Waals surface area contributed by atoms with Crippen molar-refractivity contribution in [2.45, 2.75) is 83.3 Å². The van der Waals surface area contributed by atoms with Gasteiger partial charge in [0.2, 0.25) is 6.04 Å². The van der Waals surface area contributed by atoms with E-state index in [9.17, 15) is 20.0 Å². The molecule has 5 nitrogen and oxygen atoms in total. The molecule has 0 aromatic rings. The molecule has 2 atom stereocenters. The zero-order chi connectivity index (χ0) is 17.3. The van der Waals surface area contributed by atoms with Crippen molar-refractivity contribution < 1.29 is 14.8 Å². The Balaban J connectivity index is 3.87. The van der Waals surface area contributed by atoms with Gasteiger partial charge in [-0.25, -0.2) is 0 Å². The van der Waals surface area contributed by atoms with Crippen LogP contribution in [0.5, 0.6) is 0 Å². The number of nitro groups is 1. The van der Waals surface area contributed by atoms with Gasteiger partial charge in [0.25, 0.3) is 0 Å². The Morgan fingerprint density at radius 3 is 2.17 bits per heavy atom. The van der Waals surface area contributed by atoms with Gasteiger partial charge in [-0.1, -0.05) is 50.5 Å². The van der Waals surface area contributed by atoms with Crippen molar-refractivity contribution in [3.63, 3.8) is 0 Å². The Hall–Kier alpha value is -1.49. The van der Waals surface area contributed by atoms with Crippen LogP contribution in [0.1, 0.15) is 71.1 Å². The number of carbonyl (C=O) groups excluding carboxylic acids is 1. The van der Waals surface area contributed by atoms with E-state index in [1.807, 2.05) is 25.2 Å². The molecule has 0 aliphatic heterocycles. The average Bonchev–Trinajstić information content (AvgIpc) is 2.52. The Labute approximate surface area is 139 Å². The Bertz CT molecular complexity index is 366. The van der Waals surface area contributed by atoms with E-state index in [1.54, 1.807) is 6.08 Å². The van der Waals surface area contributed by atoms with Gasteiger partial charge in [0.1, 0.15) is 12.4 Å². The third-order valence-corrected chi connectivity index (χ3v) is 3.73. The molecule has 0 amide bonds. The van der Waals surface area contributed by atoms with Crippen molar-refractivity contribution in [3.05, 3.63) is 34.4 Å². The zero-order valence-corrected chi connectivity index (χ0v) is 14.2. The summed E-state index contributed by atoms with van der Waals surface area (Å²) in [4.78, 5) is 20.8. The predicted molar refractivity (Wildman–Crippen MR) is 93.0 cm³/mol. The second-order valence-electron chi connectivity index (χ2n) is 5.75. The van der Waals surface area contributed by atoms with Crippen molar-refractivity contribution in [2.24, 2.45) is 0 Å². The van der Waals surface area contributed by atoms with Gasteiger partial charge in [0.15, 0.2) is 0 Å². The maximum Gasteiger partial charge on any atom is 0.242 e. The summed E-state index contributed by atoms with van der Waals surface area (Å²) in [6.07, 6.45) is 15.9. The standard InChI is InChI=1S/C18H31NO4/c1-2-3-11-15-18(21)17(19(22)23)14-12-9-7-5-4-6-8-10-13-16-20/h3,9,11-12,16-18,21H,2,4-8,10,13-15H2,1H3/b11-3-,12-9-. The van der Waals surface area contributed by atoms with Crippen molar-refractivity contribution in [1.29, 1.82) is 0 Å². The molecule has 0 radical (unpaired) electrons. The molecule has 0 aliphatic carbocycles. The molecule has 0 aromatic carbocycles. The fourth-order valence-corrected chi connectivity index (χ4v) is 2.32. The van der Waals surface area contributed by atoms with Gasteiger partial charge in [-0.05, 0) is 32.1 Å². The summed E-state index contributed by atoms with van der Waals surface area (Å²) in [5, 5.41) is 20.9. The summed E-state index contributed by atoms with van der Waals surface area (Å²) in [6, 6.07) is -0.934. The minimum Gasteiger partial charge on any atom is -0.386 e. The van der Waals surface area contributed by atoms with Crippen LogP contribution in [0.4, 0.5) is 0 Å². The lowest BCUT2D eigenvalue weighted by Gasteiger charge is -2.12. The molecule has 0 spiro atoms.